The molecule has 0 spiro atoms. The maximum atomic E-state index is 10.7. The molecule has 0 heterocycles. The second-order valence-electron chi connectivity index (χ2n) is 6.88. The molecule has 0 bridgehead atoms. The third-order valence-corrected chi connectivity index (χ3v) is 4.04. The molecule has 0 aromatic rings. The monoisotopic (exact) mass is 250 g/mol. The fourth-order valence-electron chi connectivity index (χ4n) is 2.84. The van der Waals surface area contributed by atoms with Crippen molar-refractivity contribution >= 4 is 0 Å². The van der Waals surface area contributed by atoms with Crippen molar-refractivity contribution in [2.24, 2.45) is 11.3 Å². The predicted molar refractivity (Wildman–Crippen MR) is 79.6 cm³/mol. The van der Waals surface area contributed by atoms with Gasteiger partial charge in [0.15, 0.2) is 0 Å². The number of aliphatic hydroxyl groups is 1. The minimum absolute atomic E-state index is 0.305. The molecule has 0 saturated heterocycles. The Morgan fingerprint density at radius 1 is 1.22 bits per heavy atom. The van der Waals surface area contributed by atoms with Crippen LogP contribution in [0.3, 0.4) is 0 Å². The summed E-state index contributed by atoms with van der Waals surface area (Å²) in [6.07, 6.45) is 11.8. The first-order valence-corrected chi connectivity index (χ1v) is 7.40. The lowest BCUT2D eigenvalue weighted by molar-refractivity contribution is -0.0106. The average Bonchev–Trinajstić information content (AvgIpc) is 2.51. The molecule has 1 N–H and O–H groups in total. The van der Waals surface area contributed by atoms with Crippen molar-refractivity contribution in [3.05, 3.63) is 23.8 Å². The zero-order valence-corrected chi connectivity index (χ0v) is 12.8. The third-order valence-electron chi connectivity index (χ3n) is 4.04. The van der Waals surface area contributed by atoms with E-state index in [0.29, 0.717) is 11.3 Å². The molecular weight excluding hydrogens is 220 g/mol. The lowest BCUT2D eigenvalue weighted by atomic mass is 9.78. The van der Waals surface area contributed by atoms with Crippen LogP contribution in [-0.4, -0.2) is 10.7 Å². The Kier molecular flexibility index (Phi) is 5.21. The van der Waals surface area contributed by atoms with Gasteiger partial charge in [0.25, 0.3) is 0 Å². The van der Waals surface area contributed by atoms with Crippen LogP contribution in [0.1, 0.15) is 66.7 Å². The first kappa shape index (κ1) is 15.5. The minimum Gasteiger partial charge on any atom is -0.389 e. The number of hydrogen-bond donors (Lipinski definition) is 1. The summed E-state index contributed by atoms with van der Waals surface area (Å²) in [5, 5.41) is 10.7. The molecule has 0 saturated carbocycles. The lowest BCUT2D eigenvalue weighted by Crippen LogP contribution is -2.35. The van der Waals surface area contributed by atoms with E-state index in [4.69, 9.17) is 0 Å². The summed E-state index contributed by atoms with van der Waals surface area (Å²) in [6.45, 7) is 11.0. The molecular formula is C17H30O. The van der Waals surface area contributed by atoms with E-state index in [1.54, 1.807) is 0 Å². The molecule has 1 atom stereocenters. The molecule has 1 rings (SSSR count). The Balaban J connectivity index is 2.91. The first-order valence-electron chi connectivity index (χ1n) is 7.40. The van der Waals surface area contributed by atoms with Gasteiger partial charge < -0.3 is 5.11 Å². The second kappa shape index (κ2) is 6.06. The van der Waals surface area contributed by atoms with Gasteiger partial charge in [0.05, 0.1) is 5.60 Å². The van der Waals surface area contributed by atoms with E-state index < -0.39 is 5.60 Å². The molecule has 1 heteroatoms. The van der Waals surface area contributed by atoms with Crippen LogP contribution in [-0.2, 0) is 0 Å². The van der Waals surface area contributed by atoms with Crippen LogP contribution >= 0.6 is 0 Å². The van der Waals surface area contributed by atoms with Crippen LogP contribution in [0.15, 0.2) is 23.8 Å². The summed E-state index contributed by atoms with van der Waals surface area (Å²) >= 11 is 0. The van der Waals surface area contributed by atoms with Crippen LogP contribution in [0.4, 0.5) is 0 Å². The van der Waals surface area contributed by atoms with E-state index in [9.17, 15) is 5.11 Å². The standard InChI is InChI=1S/C17H30O/c1-6-17(18,7-2)15-11-9-8-10-14(12-15)13-16(3,4)5/h8,10,12,15,18H,6-7,9,11,13H2,1-5H3. The fraction of sp³-hybridized carbons (Fsp3) is 0.765. The van der Waals surface area contributed by atoms with Crippen LogP contribution in [0.2, 0.25) is 0 Å². The lowest BCUT2D eigenvalue weighted by Gasteiger charge is -2.33. The molecule has 0 fully saturated rings. The summed E-state index contributed by atoms with van der Waals surface area (Å²) in [5.41, 5.74) is 1.18. The largest absolute Gasteiger partial charge is 0.389 e. The molecule has 1 aliphatic rings. The van der Waals surface area contributed by atoms with Crippen molar-refractivity contribution in [3.63, 3.8) is 0 Å². The normalized spacial score (nSPS) is 21.7. The summed E-state index contributed by atoms with van der Waals surface area (Å²) in [6, 6.07) is 0. The van der Waals surface area contributed by atoms with Gasteiger partial charge in [-0.05, 0) is 37.5 Å². The van der Waals surface area contributed by atoms with E-state index in [-0.39, 0.29) is 0 Å². The molecule has 0 radical (unpaired) electrons. The highest BCUT2D eigenvalue weighted by atomic mass is 16.3. The zero-order chi connectivity index (χ0) is 13.8. The average molecular weight is 250 g/mol. The van der Waals surface area contributed by atoms with Crippen molar-refractivity contribution < 1.29 is 5.11 Å². The van der Waals surface area contributed by atoms with Crippen molar-refractivity contribution in [3.8, 4) is 0 Å². The van der Waals surface area contributed by atoms with Crippen molar-refractivity contribution in [2.45, 2.75) is 72.3 Å². The van der Waals surface area contributed by atoms with Crippen molar-refractivity contribution in [1.29, 1.82) is 0 Å². The molecule has 0 aromatic heterocycles. The van der Waals surface area contributed by atoms with Gasteiger partial charge in [0, 0.05) is 5.92 Å². The van der Waals surface area contributed by atoms with Gasteiger partial charge in [-0.15, -0.1) is 0 Å². The van der Waals surface area contributed by atoms with Gasteiger partial charge in [-0.1, -0.05) is 58.4 Å². The summed E-state index contributed by atoms with van der Waals surface area (Å²) in [7, 11) is 0. The Bertz CT molecular complexity index is 313. The SMILES string of the molecule is CCC(O)(CC)C1C=C(CC(C)(C)C)C=CCC1. The van der Waals surface area contributed by atoms with E-state index in [1.807, 2.05) is 0 Å². The van der Waals surface area contributed by atoms with E-state index in [2.05, 4.69) is 52.8 Å². The topological polar surface area (TPSA) is 20.2 Å². The number of allylic oxidation sites excluding steroid dienone is 3. The zero-order valence-electron chi connectivity index (χ0n) is 12.8. The highest BCUT2D eigenvalue weighted by molar-refractivity contribution is 5.24. The van der Waals surface area contributed by atoms with Crippen molar-refractivity contribution in [1.82, 2.24) is 0 Å². The van der Waals surface area contributed by atoms with Gasteiger partial charge in [0.1, 0.15) is 0 Å². The molecule has 0 aromatic carbocycles. The van der Waals surface area contributed by atoms with E-state index in [0.717, 1.165) is 32.1 Å². The molecule has 104 valence electrons. The van der Waals surface area contributed by atoms with Gasteiger partial charge in [-0.2, -0.15) is 0 Å². The Morgan fingerprint density at radius 3 is 2.33 bits per heavy atom. The summed E-state index contributed by atoms with van der Waals surface area (Å²) in [5.74, 6) is 0.305. The molecule has 1 aliphatic carbocycles. The molecule has 0 amide bonds. The number of rotatable bonds is 4. The quantitative estimate of drug-likeness (QED) is 0.755. The Morgan fingerprint density at radius 2 is 1.83 bits per heavy atom. The second-order valence-corrected chi connectivity index (χ2v) is 6.88. The van der Waals surface area contributed by atoms with Gasteiger partial charge in [-0.3, -0.25) is 0 Å². The summed E-state index contributed by atoms with van der Waals surface area (Å²) < 4.78 is 0. The Labute approximate surface area is 113 Å². The number of hydrogen-bond acceptors (Lipinski definition) is 1. The van der Waals surface area contributed by atoms with Gasteiger partial charge in [0.2, 0.25) is 0 Å². The van der Waals surface area contributed by atoms with Crippen LogP contribution < -0.4 is 0 Å². The Hall–Kier alpha value is -0.560. The maximum absolute atomic E-state index is 10.7. The van der Waals surface area contributed by atoms with Gasteiger partial charge in [-0.25, -0.2) is 0 Å². The molecule has 0 aliphatic heterocycles. The van der Waals surface area contributed by atoms with Gasteiger partial charge >= 0.3 is 0 Å². The highest BCUT2D eigenvalue weighted by Gasteiger charge is 2.32. The molecule has 1 nitrogen and oxygen atoms in total. The van der Waals surface area contributed by atoms with Crippen LogP contribution in [0.25, 0.3) is 0 Å². The maximum Gasteiger partial charge on any atom is 0.0705 e. The first-order chi connectivity index (χ1) is 8.30. The minimum atomic E-state index is -0.519. The third kappa shape index (κ3) is 4.28. The fourth-order valence-corrected chi connectivity index (χ4v) is 2.84. The van der Waals surface area contributed by atoms with Crippen LogP contribution in [0, 0.1) is 11.3 Å². The summed E-state index contributed by atoms with van der Waals surface area (Å²) in [4.78, 5) is 0. The molecule has 1 unspecified atom stereocenters. The smallest absolute Gasteiger partial charge is 0.0705 e. The predicted octanol–water partition coefficient (Wildman–Crippen LogP) is 4.87. The van der Waals surface area contributed by atoms with Crippen LogP contribution in [0.5, 0.6) is 0 Å². The van der Waals surface area contributed by atoms with E-state index in [1.165, 1.54) is 5.57 Å². The highest BCUT2D eigenvalue weighted by Crippen LogP contribution is 2.35. The molecule has 18 heavy (non-hydrogen) atoms. The van der Waals surface area contributed by atoms with Crippen molar-refractivity contribution in [2.75, 3.05) is 0 Å². The van der Waals surface area contributed by atoms with E-state index >= 15 is 0 Å².